The normalized spacial score (nSPS) is 14.6. The first-order valence-electron chi connectivity index (χ1n) is 6.85. The summed E-state index contributed by atoms with van der Waals surface area (Å²) in [5.41, 5.74) is 2.03. The zero-order valence-electron chi connectivity index (χ0n) is 12.1. The van der Waals surface area contributed by atoms with E-state index < -0.39 is 0 Å². The van der Waals surface area contributed by atoms with Crippen LogP contribution in [0.25, 0.3) is 0 Å². The minimum Gasteiger partial charge on any atom is -0.376 e. The van der Waals surface area contributed by atoms with Crippen molar-refractivity contribution in [3.8, 4) is 0 Å². The summed E-state index contributed by atoms with van der Waals surface area (Å²) in [5.74, 6) is -0.247. The Kier molecular flexibility index (Phi) is 3.57. The number of rotatable bonds is 4. The van der Waals surface area contributed by atoms with Crippen molar-refractivity contribution in [1.82, 2.24) is 20.3 Å². The third-order valence-electron chi connectivity index (χ3n) is 3.51. The van der Waals surface area contributed by atoms with Gasteiger partial charge in [-0.05, 0) is 12.1 Å². The maximum atomic E-state index is 12.3. The zero-order valence-corrected chi connectivity index (χ0v) is 12.1. The van der Waals surface area contributed by atoms with E-state index in [9.17, 15) is 4.79 Å². The summed E-state index contributed by atoms with van der Waals surface area (Å²) in [5, 5.41) is 14.0. The van der Waals surface area contributed by atoms with Gasteiger partial charge in [0.15, 0.2) is 5.69 Å². The second-order valence-electron chi connectivity index (χ2n) is 5.26. The summed E-state index contributed by atoms with van der Waals surface area (Å²) in [7, 11) is 3.87. The standard InChI is InChI=1S/C14H18N6O/c1-19(2)13-6-4-3-5-11(13)16-14(21)12-9-20(18-17-12)10-7-15-8-10/h3-6,9-10,15H,7-8H2,1-2H3,(H,16,21). The molecule has 110 valence electrons. The smallest absolute Gasteiger partial charge is 0.277 e. The zero-order chi connectivity index (χ0) is 14.8. The summed E-state index contributed by atoms with van der Waals surface area (Å²) < 4.78 is 1.74. The van der Waals surface area contributed by atoms with Gasteiger partial charge in [0.2, 0.25) is 0 Å². The van der Waals surface area contributed by atoms with Gasteiger partial charge in [-0.3, -0.25) is 4.79 Å². The van der Waals surface area contributed by atoms with Crippen molar-refractivity contribution in [2.24, 2.45) is 0 Å². The first kappa shape index (κ1) is 13.6. The lowest BCUT2D eigenvalue weighted by Crippen LogP contribution is -2.43. The van der Waals surface area contributed by atoms with Crippen LogP contribution in [0, 0.1) is 0 Å². The van der Waals surface area contributed by atoms with E-state index in [-0.39, 0.29) is 5.91 Å². The number of carbonyl (C=O) groups excluding carboxylic acids is 1. The fraction of sp³-hybridized carbons (Fsp3) is 0.357. The molecule has 0 atom stereocenters. The van der Waals surface area contributed by atoms with Gasteiger partial charge in [-0.1, -0.05) is 17.3 Å². The summed E-state index contributed by atoms with van der Waals surface area (Å²) in [6, 6.07) is 7.94. The van der Waals surface area contributed by atoms with Crippen molar-refractivity contribution < 1.29 is 4.79 Å². The molecule has 21 heavy (non-hydrogen) atoms. The molecule has 0 bridgehead atoms. The van der Waals surface area contributed by atoms with E-state index in [2.05, 4.69) is 20.9 Å². The highest BCUT2D eigenvalue weighted by molar-refractivity contribution is 6.04. The number of aromatic nitrogens is 3. The molecule has 0 spiro atoms. The minimum atomic E-state index is -0.247. The molecule has 1 saturated heterocycles. The second-order valence-corrected chi connectivity index (χ2v) is 5.26. The summed E-state index contributed by atoms with van der Waals surface area (Å²) in [4.78, 5) is 14.2. The van der Waals surface area contributed by atoms with Gasteiger partial charge in [-0.2, -0.15) is 0 Å². The Hall–Kier alpha value is -2.41. The predicted molar refractivity (Wildman–Crippen MR) is 80.7 cm³/mol. The van der Waals surface area contributed by atoms with Crippen molar-refractivity contribution >= 4 is 17.3 Å². The van der Waals surface area contributed by atoms with Gasteiger partial charge in [0, 0.05) is 27.2 Å². The topological polar surface area (TPSA) is 75.1 Å². The molecule has 0 aliphatic carbocycles. The van der Waals surface area contributed by atoms with Crippen LogP contribution in [0.15, 0.2) is 30.5 Å². The van der Waals surface area contributed by atoms with Gasteiger partial charge in [-0.25, -0.2) is 4.68 Å². The molecular formula is C14H18N6O. The lowest BCUT2D eigenvalue weighted by molar-refractivity contribution is 0.102. The summed E-state index contributed by atoms with van der Waals surface area (Å²) >= 11 is 0. The Morgan fingerprint density at radius 2 is 2.14 bits per heavy atom. The highest BCUT2D eigenvalue weighted by atomic mass is 16.2. The van der Waals surface area contributed by atoms with E-state index in [4.69, 9.17) is 0 Å². The van der Waals surface area contributed by atoms with Crippen LogP contribution in [0.5, 0.6) is 0 Å². The Morgan fingerprint density at radius 1 is 1.38 bits per heavy atom. The molecular weight excluding hydrogens is 268 g/mol. The molecule has 1 aliphatic rings. The van der Waals surface area contributed by atoms with Crippen molar-refractivity contribution in [2.45, 2.75) is 6.04 Å². The number of carbonyl (C=O) groups is 1. The number of nitrogens with one attached hydrogen (secondary N) is 2. The van der Waals surface area contributed by atoms with Crippen molar-refractivity contribution in [2.75, 3.05) is 37.4 Å². The first-order chi connectivity index (χ1) is 10.1. The number of anilines is 2. The molecule has 2 N–H and O–H groups in total. The van der Waals surface area contributed by atoms with Crippen LogP contribution < -0.4 is 15.5 Å². The minimum absolute atomic E-state index is 0.247. The highest BCUT2D eigenvalue weighted by Crippen LogP contribution is 2.23. The molecule has 7 heteroatoms. The molecule has 0 saturated carbocycles. The van der Waals surface area contributed by atoms with Crippen LogP contribution >= 0.6 is 0 Å². The van der Waals surface area contributed by atoms with E-state index in [1.807, 2.05) is 43.3 Å². The molecule has 1 fully saturated rings. The number of nitrogens with zero attached hydrogens (tertiary/aromatic N) is 4. The average Bonchev–Trinajstić information content (AvgIpc) is 2.86. The molecule has 7 nitrogen and oxygen atoms in total. The lowest BCUT2D eigenvalue weighted by atomic mass is 10.2. The van der Waals surface area contributed by atoms with Crippen LogP contribution in [0.3, 0.4) is 0 Å². The van der Waals surface area contributed by atoms with E-state index >= 15 is 0 Å². The van der Waals surface area contributed by atoms with E-state index in [1.54, 1.807) is 10.9 Å². The average molecular weight is 286 g/mol. The number of benzene rings is 1. The fourth-order valence-electron chi connectivity index (χ4n) is 2.18. The first-order valence-corrected chi connectivity index (χ1v) is 6.85. The number of amides is 1. The molecule has 1 amide bonds. The fourth-order valence-corrected chi connectivity index (χ4v) is 2.18. The maximum Gasteiger partial charge on any atom is 0.277 e. The quantitative estimate of drug-likeness (QED) is 0.867. The Balaban J connectivity index is 1.75. The largest absolute Gasteiger partial charge is 0.376 e. The van der Waals surface area contributed by atoms with Crippen LogP contribution in [0.2, 0.25) is 0 Å². The highest BCUT2D eigenvalue weighted by Gasteiger charge is 2.22. The second kappa shape index (κ2) is 5.53. The number of hydrogen-bond acceptors (Lipinski definition) is 5. The molecule has 1 aliphatic heterocycles. The van der Waals surface area contributed by atoms with E-state index in [1.165, 1.54) is 0 Å². The van der Waals surface area contributed by atoms with Gasteiger partial charge >= 0.3 is 0 Å². The number of para-hydroxylation sites is 2. The Bertz CT molecular complexity index is 646. The summed E-state index contributed by atoms with van der Waals surface area (Å²) in [6.07, 6.45) is 1.69. The van der Waals surface area contributed by atoms with Crippen LogP contribution in [-0.2, 0) is 0 Å². The molecule has 2 heterocycles. The Labute approximate surface area is 122 Å². The van der Waals surface area contributed by atoms with Gasteiger partial charge in [-0.15, -0.1) is 5.10 Å². The molecule has 1 aromatic carbocycles. The van der Waals surface area contributed by atoms with Gasteiger partial charge in [0.1, 0.15) is 0 Å². The van der Waals surface area contributed by atoms with Crippen molar-refractivity contribution in [3.05, 3.63) is 36.2 Å². The van der Waals surface area contributed by atoms with Gasteiger partial charge < -0.3 is 15.5 Å². The molecule has 1 aromatic heterocycles. The third-order valence-corrected chi connectivity index (χ3v) is 3.51. The lowest BCUT2D eigenvalue weighted by Gasteiger charge is -2.26. The van der Waals surface area contributed by atoms with E-state index in [0.29, 0.717) is 11.7 Å². The van der Waals surface area contributed by atoms with Gasteiger partial charge in [0.05, 0.1) is 23.6 Å². The van der Waals surface area contributed by atoms with Gasteiger partial charge in [0.25, 0.3) is 5.91 Å². The summed E-state index contributed by atoms with van der Waals surface area (Å²) in [6.45, 7) is 1.74. The SMILES string of the molecule is CN(C)c1ccccc1NC(=O)c1cn(C2CNC2)nn1. The van der Waals surface area contributed by atoms with Crippen LogP contribution in [0.1, 0.15) is 16.5 Å². The molecule has 2 aromatic rings. The maximum absolute atomic E-state index is 12.3. The molecule has 3 rings (SSSR count). The monoisotopic (exact) mass is 286 g/mol. The van der Waals surface area contributed by atoms with Crippen LogP contribution in [-0.4, -0.2) is 48.1 Å². The molecule has 0 unspecified atom stereocenters. The number of hydrogen-bond donors (Lipinski definition) is 2. The van der Waals surface area contributed by atoms with Crippen molar-refractivity contribution in [1.29, 1.82) is 0 Å². The van der Waals surface area contributed by atoms with E-state index in [0.717, 1.165) is 24.5 Å². The van der Waals surface area contributed by atoms with Crippen molar-refractivity contribution in [3.63, 3.8) is 0 Å². The molecule has 0 radical (unpaired) electrons. The Morgan fingerprint density at radius 3 is 2.81 bits per heavy atom. The van der Waals surface area contributed by atoms with Crippen LogP contribution in [0.4, 0.5) is 11.4 Å². The third kappa shape index (κ3) is 2.73. The predicted octanol–water partition coefficient (Wildman–Crippen LogP) is 0.741.